The van der Waals surface area contributed by atoms with Crippen molar-refractivity contribution in [2.45, 2.75) is 25.8 Å². The molecule has 25 heavy (non-hydrogen) atoms. The van der Waals surface area contributed by atoms with Crippen molar-refractivity contribution in [2.24, 2.45) is 0 Å². The maximum absolute atomic E-state index is 12.2. The lowest BCUT2D eigenvalue weighted by Gasteiger charge is -2.12. The van der Waals surface area contributed by atoms with Gasteiger partial charge in [0.1, 0.15) is 11.3 Å². The molecule has 1 saturated heterocycles. The molecule has 0 radical (unpaired) electrons. The second kappa shape index (κ2) is 6.51. The highest BCUT2D eigenvalue weighted by molar-refractivity contribution is 7.91. The van der Waals surface area contributed by atoms with Crippen LogP contribution in [0.15, 0.2) is 27.4 Å². The first-order chi connectivity index (χ1) is 11.8. The van der Waals surface area contributed by atoms with Gasteiger partial charge in [0.05, 0.1) is 30.6 Å². The maximum atomic E-state index is 12.2. The van der Waals surface area contributed by atoms with E-state index < -0.39 is 21.5 Å². The number of methoxy groups -OCH3 is 1. The number of benzene rings is 1. The molecule has 7 nitrogen and oxygen atoms in total. The van der Waals surface area contributed by atoms with E-state index in [1.807, 2.05) is 0 Å². The Kier molecular flexibility index (Phi) is 4.55. The Morgan fingerprint density at radius 3 is 2.80 bits per heavy atom. The van der Waals surface area contributed by atoms with E-state index in [-0.39, 0.29) is 29.4 Å². The lowest BCUT2D eigenvalue weighted by atomic mass is 10.0. The van der Waals surface area contributed by atoms with Crippen LogP contribution in [0.3, 0.4) is 0 Å². The van der Waals surface area contributed by atoms with Crippen LogP contribution in [0.4, 0.5) is 0 Å². The number of hydrogen-bond acceptors (Lipinski definition) is 6. The van der Waals surface area contributed by atoms with E-state index in [1.165, 1.54) is 7.11 Å². The first-order valence-corrected chi connectivity index (χ1v) is 9.71. The van der Waals surface area contributed by atoms with Crippen molar-refractivity contribution in [3.63, 3.8) is 0 Å². The van der Waals surface area contributed by atoms with Crippen LogP contribution in [0.1, 0.15) is 17.5 Å². The van der Waals surface area contributed by atoms with Gasteiger partial charge in [-0.1, -0.05) is 0 Å². The zero-order valence-corrected chi connectivity index (χ0v) is 14.8. The Morgan fingerprint density at radius 2 is 2.16 bits per heavy atom. The number of nitrogens with one attached hydrogen (secondary N) is 1. The van der Waals surface area contributed by atoms with Gasteiger partial charge in [0.25, 0.3) is 0 Å². The van der Waals surface area contributed by atoms with Crippen LogP contribution in [0.25, 0.3) is 11.0 Å². The molecule has 1 aromatic carbocycles. The van der Waals surface area contributed by atoms with Crippen molar-refractivity contribution in [1.29, 1.82) is 0 Å². The minimum atomic E-state index is -3.07. The quantitative estimate of drug-likeness (QED) is 0.810. The highest BCUT2D eigenvalue weighted by Crippen LogP contribution is 2.24. The Bertz CT molecular complexity index is 992. The van der Waals surface area contributed by atoms with Crippen LogP contribution in [-0.2, 0) is 21.1 Å². The van der Waals surface area contributed by atoms with E-state index in [4.69, 9.17) is 9.15 Å². The standard InChI is InChI=1S/C17H19NO6S/c1-10-13-4-3-12(23-2)7-15(13)24-17(20)14(10)8-16(19)18-11-5-6-25(21,22)9-11/h3-4,7,11H,5-6,8-9H2,1-2H3,(H,18,19)/t11-/m1/s1. The monoisotopic (exact) mass is 365 g/mol. The van der Waals surface area contributed by atoms with Gasteiger partial charge in [-0.05, 0) is 31.0 Å². The predicted octanol–water partition coefficient (Wildman–Crippen LogP) is 0.956. The topological polar surface area (TPSA) is 103 Å². The van der Waals surface area contributed by atoms with Crippen LogP contribution in [0.2, 0.25) is 0 Å². The van der Waals surface area contributed by atoms with Gasteiger partial charge < -0.3 is 14.5 Å². The average molecular weight is 365 g/mol. The molecule has 0 spiro atoms. The number of rotatable bonds is 4. The summed E-state index contributed by atoms with van der Waals surface area (Å²) in [4.78, 5) is 24.5. The molecule has 1 amide bonds. The molecule has 2 heterocycles. The average Bonchev–Trinajstić information content (AvgIpc) is 2.89. The van der Waals surface area contributed by atoms with E-state index in [0.717, 1.165) is 5.39 Å². The SMILES string of the molecule is COc1ccc2c(C)c(CC(=O)N[C@@H]3CCS(=O)(=O)C3)c(=O)oc2c1. The van der Waals surface area contributed by atoms with Gasteiger partial charge in [-0.2, -0.15) is 0 Å². The summed E-state index contributed by atoms with van der Waals surface area (Å²) in [5, 5.41) is 3.41. The van der Waals surface area contributed by atoms with Crippen LogP contribution < -0.4 is 15.7 Å². The number of carbonyl (C=O) groups excluding carboxylic acids is 1. The smallest absolute Gasteiger partial charge is 0.340 e. The zero-order chi connectivity index (χ0) is 18.2. The molecule has 1 atom stereocenters. The third kappa shape index (κ3) is 3.68. The molecule has 134 valence electrons. The molecule has 0 unspecified atom stereocenters. The summed E-state index contributed by atoms with van der Waals surface area (Å²) in [6.45, 7) is 1.76. The fourth-order valence-electron chi connectivity index (χ4n) is 3.05. The lowest BCUT2D eigenvalue weighted by molar-refractivity contribution is -0.121. The van der Waals surface area contributed by atoms with Crippen molar-refractivity contribution in [3.8, 4) is 5.75 Å². The maximum Gasteiger partial charge on any atom is 0.340 e. The molecule has 1 aliphatic heterocycles. The number of hydrogen-bond donors (Lipinski definition) is 1. The first-order valence-electron chi connectivity index (χ1n) is 7.89. The van der Waals surface area contributed by atoms with Gasteiger partial charge in [0.2, 0.25) is 5.91 Å². The molecular formula is C17H19NO6S. The minimum Gasteiger partial charge on any atom is -0.497 e. The van der Waals surface area contributed by atoms with Crippen LogP contribution >= 0.6 is 0 Å². The first kappa shape index (κ1) is 17.5. The zero-order valence-electron chi connectivity index (χ0n) is 14.0. The van der Waals surface area contributed by atoms with Gasteiger partial charge in [0, 0.05) is 17.5 Å². The number of aryl methyl sites for hydroxylation is 1. The molecule has 0 aliphatic carbocycles. The van der Waals surface area contributed by atoms with Gasteiger partial charge >= 0.3 is 5.63 Å². The predicted molar refractivity (Wildman–Crippen MR) is 92.7 cm³/mol. The largest absolute Gasteiger partial charge is 0.497 e. The third-order valence-electron chi connectivity index (χ3n) is 4.43. The van der Waals surface area contributed by atoms with Crippen molar-refractivity contribution in [2.75, 3.05) is 18.6 Å². The van der Waals surface area contributed by atoms with Crippen molar-refractivity contribution in [1.82, 2.24) is 5.32 Å². The molecular weight excluding hydrogens is 346 g/mol. The number of fused-ring (bicyclic) bond motifs is 1. The van der Waals surface area contributed by atoms with E-state index >= 15 is 0 Å². The third-order valence-corrected chi connectivity index (χ3v) is 6.20. The second-order valence-corrected chi connectivity index (χ2v) is 8.43. The van der Waals surface area contributed by atoms with E-state index in [2.05, 4.69) is 5.32 Å². The van der Waals surface area contributed by atoms with Crippen LogP contribution in [0, 0.1) is 6.92 Å². The Balaban J connectivity index is 1.84. The molecule has 0 saturated carbocycles. The Hall–Kier alpha value is -2.35. The number of carbonyl (C=O) groups is 1. The van der Waals surface area contributed by atoms with Crippen molar-refractivity contribution >= 4 is 26.7 Å². The summed E-state index contributed by atoms with van der Waals surface area (Å²) in [5.74, 6) is 0.217. The minimum absolute atomic E-state index is 0.0517. The van der Waals surface area contributed by atoms with Gasteiger partial charge in [-0.25, -0.2) is 13.2 Å². The molecule has 2 aromatic rings. The van der Waals surface area contributed by atoms with E-state index in [1.54, 1.807) is 25.1 Å². The number of ether oxygens (including phenoxy) is 1. The summed E-state index contributed by atoms with van der Waals surface area (Å²) in [6.07, 6.45) is 0.256. The van der Waals surface area contributed by atoms with E-state index in [0.29, 0.717) is 23.3 Å². The van der Waals surface area contributed by atoms with Gasteiger partial charge in [-0.3, -0.25) is 4.79 Å². The molecule has 8 heteroatoms. The second-order valence-electron chi connectivity index (χ2n) is 6.20. The van der Waals surface area contributed by atoms with Gasteiger partial charge in [-0.15, -0.1) is 0 Å². The highest BCUT2D eigenvalue weighted by Gasteiger charge is 2.29. The Morgan fingerprint density at radius 1 is 1.40 bits per heavy atom. The van der Waals surface area contributed by atoms with Crippen LogP contribution in [-0.4, -0.2) is 39.0 Å². The summed E-state index contributed by atoms with van der Waals surface area (Å²) in [7, 11) is -1.55. The van der Waals surface area contributed by atoms with Crippen molar-refractivity contribution < 1.29 is 22.4 Å². The molecule has 0 bridgehead atoms. The molecule has 1 aromatic heterocycles. The fourth-order valence-corrected chi connectivity index (χ4v) is 4.73. The summed E-state index contributed by atoms with van der Waals surface area (Å²) in [5.41, 5.74) is 0.763. The Labute approximate surface area is 144 Å². The van der Waals surface area contributed by atoms with Gasteiger partial charge in [0.15, 0.2) is 9.84 Å². The fraction of sp³-hybridized carbons (Fsp3) is 0.412. The normalized spacial score (nSPS) is 19.0. The molecule has 1 fully saturated rings. The van der Waals surface area contributed by atoms with E-state index in [9.17, 15) is 18.0 Å². The number of amides is 1. The summed E-state index contributed by atoms with van der Waals surface area (Å²) < 4.78 is 33.3. The summed E-state index contributed by atoms with van der Waals surface area (Å²) >= 11 is 0. The number of sulfone groups is 1. The highest BCUT2D eigenvalue weighted by atomic mass is 32.2. The molecule has 3 rings (SSSR count). The molecule has 1 aliphatic rings. The molecule has 1 N–H and O–H groups in total. The van der Waals surface area contributed by atoms with Crippen LogP contribution in [0.5, 0.6) is 5.75 Å². The lowest BCUT2D eigenvalue weighted by Crippen LogP contribution is -2.37. The summed E-state index contributed by atoms with van der Waals surface area (Å²) in [6, 6.07) is 4.76. The van der Waals surface area contributed by atoms with Crippen molar-refractivity contribution in [3.05, 3.63) is 39.7 Å².